The zero-order chi connectivity index (χ0) is 18.6. The lowest BCUT2D eigenvalue weighted by Gasteiger charge is -2.13. The molecule has 2 aromatic carbocycles. The average molecular weight is 353 g/mol. The van der Waals surface area contributed by atoms with Crippen LogP contribution in [0, 0.1) is 6.92 Å². The number of hydrogen-bond acceptors (Lipinski definition) is 3. The summed E-state index contributed by atoms with van der Waals surface area (Å²) in [5, 5.41) is 2.48. The van der Waals surface area contributed by atoms with Crippen LogP contribution in [0.2, 0.25) is 0 Å². The third-order valence-electron chi connectivity index (χ3n) is 3.67. The summed E-state index contributed by atoms with van der Waals surface area (Å²) in [7, 11) is 2.97. The zero-order valence-corrected chi connectivity index (χ0v) is 14.0. The van der Waals surface area contributed by atoms with Crippen LogP contribution in [0.15, 0.2) is 36.4 Å². The summed E-state index contributed by atoms with van der Waals surface area (Å²) in [5.74, 6) is 0.601. The van der Waals surface area contributed by atoms with Gasteiger partial charge in [-0.1, -0.05) is 12.1 Å². The number of methoxy groups -OCH3 is 2. The van der Waals surface area contributed by atoms with Gasteiger partial charge in [-0.3, -0.25) is 4.79 Å². The number of rotatable bonds is 5. The van der Waals surface area contributed by atoms with E-state index in [0.29, 0.717) is 17.1 Å². The second kappa shape index (κ2) is 7.46. The fourth-order valence-corrected chi connectivity index (χ4v) is 2.38. The molecule has 0 spiro atoms. The minimum atomic E-state index is -4.47. The number of halogens is 3. The number of alkyl halides is 3. The van der Waals surface area contributed by atoms with Crippen LogP contribution in [0.4, 0.5) is 18.9 Å². The molecule has 2 rings (SSSR count). The van der Waals surface area contributed by atoms with E-state index in [9.17, 15) is 18.0 Å². The second-order valence-electron chi connectivity index (χ2n) is 5.43. The third kappa shape index (κ3) is 4.65. The van der Waals surface area contributed by atoms with Gasteiger partial charge in [0.2, 0.25) is 5.91 Å². The maximum absolute atomic E-state index is 12.9. The van der Waals surface area contributed by atoms with Gasteiger partial charge in [0.1, 0.15) is 11.5 Å². The number of anilines is 1. The minimum absolute atomic E-state index is 0.0393. The molecule has 25 heavy (non-hydrogen) atoms. The SMILES string of the molecule is COc1ccc(CC(=O)Nc2ccc(C)c(C(F)(F)F)c2)c(OC)c1. The van der Waals surface area contributed by atoms with E-state index in [2.05, 4.69) is 5.32 Å². The highest BCUT2D eigenvalue weighted by molar-refractivity contribution is 5.92. The van der Waals surface area contributed by atoms with Gasteiger partial charge in [-0.25, -0.2) is 0 Å². The van der Waals surface area contributed by atoms with Crippen LogP contribution < -0.4 is 14.8 Å². The summed E-state index contributed by atoms with van der Waals surface area (Å²) in [4.78, 5) is 12.2. The molecule has 0 radical (unpaired) electrons. The van der Waals surface area contributed by atoms with Gasteiger partial charge in [0.15, 0.2) is 0 Å². The molecule has 134 valence electrons. The van der Waals surface area contributed by atoms with Gasteiger partial charge in [-0.2, -0.15) is 13.2 Å². The quantitative estimate of drug-likeness (QED) is 0.876. The molecule has 0 aromatic heterocycles. The summed E-state index contributed by atoms with van der Waals surface area (Å²) in [5.41, 5.74) is 0.0222. The van der Waals surface area contributed by atoms with Crippen molar-refractivity contribution in [2.75, 3.05) is 19.5 Å². The largest absolute Gasteiger partial charge is 0.497 e. The Kier molecular flexibility index (Phi) is 5.56. The fourth-order valence-electron chi connectivity index (χ4n) is 2.38. The van der Waals surface area contributed by atoms with Gasteiger partial charge in [0.05, 0.1) is 26.2 Å². The Hall–Kier alpha value is -2.70. The van der Waals surface area contributed by atoms with Gasteiger partial charge in [0.25, 0.3) is 0 Å². The van der Waals surface area contributed by atoms with Gasteiger partial charge in [-0.15, -0.1) is 0 Å². The molecule has 4 nitrogen and oxygen atoms in total. The first-order chi connectivity index (χ1) is 11.7. The number of hydrogen-bond donors (Lipinski definition) is 1. The molecule has 1 N–H and O–H groups in total. The van der Waals surface area contributed by atoms with Crippen LogP contribution in [0.5, 0.6) is 11.5 Å². The number of amides is 1. The average Bonchev–Trinajstić information content (AvgIpc) is 2.56. The molecular weight excluding hydrogens is 335 g/mol. The highest BCUT2D eigenvalue weighted by Gasteiger charge is 2.32. The van der Waals surface area contributed by atoms with Crippen molar-refractivity contribution in [3.63, 3.8) is 0 Å². The standard InChI is InChI=1S/C18H18F3NO3/c1-11-4-6-13(9-15(11)18(19,20)21)22-17(23)8-12-5-7-14(24-2)10-16(12)25-3/h4-7,9-10H,8H2,1-3H3,(H,22,23). The van der Waals surface area contributed by atoms with Crippen LogP contribution >= 0.6 is 0 Å². The summed E-state index contributed by atoms with van der Waals surface area (Å²) in [6.07, 6.45) is -4.51. The summed E-state index contributed by atoms with van der Waals surface area (Å²) >= 11 is 0. The van der Waals surface area contributed by atoms with Crippen LogP contribution in [-0.4, -0.2) is 20.1 Å². The van der Waals surface area contributed by atoms with Gasteiger partial charge in [-0.05, 0) is 30.7 Å². The predicted molar refractivity (Wildman–Crippen MR) is 88.1 cm³/mol. The van der Waals surface area contributed by atoms with E-state index in [0.717, 1.165) is 6.07 Å². The molecule has 0 saturated carbocycles. The minimum Gasteiger partial charge on any atom is -0.497 e. The first-order valence-corrected chi connectivity index (χ1v) is 7.43. The Balaban J connectivity index is 2.16. The summed E-state index contributed by atoms with van der Waals surface area (Å²) < 4.78 is 49.1. The maximum Gasteiger partial charge on any atom is 0.416 e. The van der Waals surface area contributed by atoms with Crippen molar-refractivity contribution in [3.8, 4) is 11.5 Å². The molecule has 0 aliphatic carbocycles. The Morgan fingerprint density at radius 3 is 2.40 bits per heavy atom. The predicted octanol–water partition coefficient (Wildman–Crippen LogP) is 4.21. The molecule has 0 aliphatic heterocycles. The fraction of sp³-hybridized carbons (Fsp3) is 0.278. The normalized spacial score (nSPS) is 11.1. The Morgan fingerprint density at radius 2 is 1.80 bits per heavy atom. The Labute approximate surface area is 143 Å². The van der Waals surface area contributed by atoms with Crippen molar-refractivity contribution < 1.29 is 27.4 Å². The first kappa shape index (κ1) is 18.6. The van der Waals surface area contributed by atoms with E-state index >= 15 is 0 Å². The highest BCUT2D eigenvalue weighted by Crippen LogP contribution is 2.33. The van der Waals surface area contributed by atoms with E-state index in [1.165, 1.54) is 33.3 Å². The first-order valence-electron chi connectivity index (χ1n) is 7.43. The number of nitrogens with one attached hydrogen (secondary N) is 1. The zero-order valence-electron chi connectivity index (χ0n) is 14.0. The number of carbonyl (C=O) groups excluding carboxylic acids is 1. The van der Waals surface area contributed by atoms with Crippen LogP contribution in [0.3, 0.4) is 0 Å². The van der Waals surface area contributed by atoms with Crippen LogP contribution in [0.25, 0.3) is 0 Å². The Bertz CT molecular complexity index is 773. The van der Waals surface area contributed by atoms with E-state index in [-0.39, 0.29) is 17.7 Å². The lowest BCUT2D eigenvalue weighted by molar-refractivity contribution is -0.138. The second-order valence-corrected chi connectivity index (χ2v) is 5.43. The number of aryl methyl sites for hydroxylation is 1. The van der Waals surface area contributed by atoms with Crippen molar-refractivity contribution in [2.24, 2.45) is 0 Å². The lowest BCUT2D eigenvalue weighted by Crippen LogP contribution is -2.16. The van der Waals surface area contributed by atoms with E-state index in [4.69, 9.17) is 9.47 Å². The van der Waals surface area contributed by atoms with Crippen molar-refractivity contribution in [3.05, 3.63) is 53.1 Å². The molecule has 1 amide bonds. The van der Waals surface area contributed by atoms with E-state index in [1.807, 2.05) is 0 Å². The molecule has 0 saturated heterocycles. The molecule has 0 unspecified atom stereocenters. The third-order valence-corrected chi connectivity index (χ3v) is 3.67. The molecule has 0 heterocycles. The Morgan fingerprint density at radius 1 is 1.08 bits per heavy atom. The van der Waals surface area contributed by atoms with Gasteiger partial charge >= 0.3 is 6.18 Å². The molecule has 2 aromatic rings. The number of carbonyl (C=O) groups is 1. The molecule has 0 bridgehead atoms. The van der Waals surface area contributed by atoms with Gasteiger partial charge < -0.3 is 14.8 Å². The van der Waals surface area contributed by atoms with Crippen LogP contribution in [0.1, 0.15) is 16.7 Å². The molecule has 7 heteroatoms. The molecule has 0 aliphatic rings. The lowest BCUT2D eigenvalue weighted by atomic mass is 10.1. The molecule has 0 fully saturated rings. The number of ether oxygens (including phenoxy) is 2. The van der Waals surface area contributed by atoms with E-state index in [1.54, 1.807) is 18.2 Å². The van der Waals surface area contributed by atoms with Crippen molar-refractivity contribution in [1.82, 2.24) is 0 Å². The van der Waals surface area contributed by atoms with Crippen LogP contribution in [-0.2, 0) is 17.4 Å². The smallest absolute Gasteiger partial charge is 0.416 e. The number of benzene rings is 2. The molecular formula is C18H18F3NO3. The van der Waals surface area contributed by atoms with E-state index < -0.39 is 17.6 Å². The van der Waals surface area contributed by atoms with Crippen molar-refractivity contribution >= 4 is 11.6 Å². The topological polar surface area (TPSA) is 47.6 Å². The van der Waals surface area contributed by atoms with Gasteiger partial charge in [0, 0.05) is 17.3 Å². The van der Waals surface area contributed by atoms with Crippen molar-refractivity contribution in [2.45, 2.75) is 19.5 Å². The molecule has 0 atom stereocenters. The maximum atomic E-state index is 12.9. The highest BCUT2D eigenvalue weighted by atomic mass is 19.4. The monoisotopic (exact) mass is 353 g/mol. The van der Waals surface area contributed by atoms with Crippen molar-refractivity contribution in [1.29, 1.82) is 0 Å². The summed E-state index contributed by atoms with van der Waals surface area (Å²) in [6, 6.07) is 8.68. The summed E-state index contributed by atoms with van der Waals surface area (Å²) in [6.45, 7) is 1.37.